The quantitative estimate of drug-likeness (QED) is 0.356. The van der Waals surface area contributed by atoms with Crippen molar-refractivity contribution in [1.29, 1.82) is 0 Å². The van der Waals surface area contributed by atoms with Gasteiger partial charge >= 0.3 is 0 Å². The monoisotopic (exact) mass is 414 g/mol. The molecule has 2 N–H and O–H groups in total. The number of hydrogen-bond acceptors (Lipinski definition) is 4. The van der Waals surface area contributed by atoms with Crippen LogP contribution < -0.4 is 15.4 Å². The van der Waals surface area contributed by atoms with Crippen LogP contribution in [-0.2, 0) is 0 Å². The predicted octanol–water partition coefficient (Wildman–Crippen LogP) is 5.55. The molecule has 0 aromatic heterocycles. The lowest BCUT2D eigenvalue weighted by molar-refractivity contribution is 0.0948. The van der Waals surface area contributed by atoms with Gasteiger partial charge in [-0.15, -0.1) is 0 Å². The summed E-state index contributed by atoms with van der Waals surface area (Å²) in [5.74, 6) is -1.93. The summed E-state index contributed by atoms with van der Waals surface area (Å²) in [6, 6.07) is 23.1. The topological polar surface area (TPSA) is 50.4 Å². The number of para-hydroxylation sites is 2. The number of anilines is 2. The summed E-state index contributed by atoms with van der Waals surface area (Å²) in [7, 11) is 0. The van der Waals surface area contributed by atoms with Gasteiger partial charge in [-0.2, -0.15) is 8.78 Å². The van der Waals surface area contributed by atoms with E-state index in [-0.39, 0.29) is 5.91 Å². The zero-order chi connectivity index (χ0) is 20.5. The highest BCUT2D eigenvalue weighted by Crippen LogP contribution is 2.27. The first-order valence-electron chi connectivity index (χ1n) is 8.99. The highest BCUT2D eigenvalue weighted by atomic mass is 32.2. The standard InChI is InChI=1S/C22H20F2N2O2S/c23-22(24)29-18-12-10-16(11-13-18)26-20-9-5-4-8-19(20)21(27)25-14-15-28-17-6-2-1-3-7-17/h1-13,22,26H,14-15H2,(H,25,27). The third-order valence-corrected chi connectivity index (χ3v) is 4.65. The minimum atomic E-state index is -2.45. The van der Waals surface area contributed by atoms with E-state index in [1.165, 1.54) is 0 Å². The van der Waals surface area contributed by atoms with E-state index >= 15 is 0 Å². The molecule has 0 aliphatic heterocycles. The summed E-state index contributed by atoms with van der Waals surface area (Å²) < 4.78 is 30.4. The molecule has 0 radical (unpaired) electrons. The fourth-order valence-corrected chi connectivity index (χ4v) is 3.11. The van der Waals surface area contributed by atoms with E-state index in [9.17, 15) is 13.6 Å². The van der Waals surface area contributed by atoms with Crippen molar-refractivity contribution < 1.29 is 18.3 Å². The van der Waals surface area contributed by atoms with E-state index < -0.39 is 5.76 Å². The van der Waals surface area contributed by atoms with E-state index in [0.717, 1.165) is 5.75 Å². The van der Waals surface area contributed by atoms with E-state index in [0.29, 0.717) is 46.7 Å². The molecule has 150 valence electrons. The fraction of sp³-hybridized carbons (Fsp3) is 0.136. The molecule has 3 rings (SSSR count). The van der Waals surface area contributed by atoms with Gasteiger partial charge in [0.25, 0.3) is 11.7 Å². The molecule has 3 aromatic rings. The number of hydrogen-bond donors (Lipinski definition) is 2. The van der Waals surface area contributed by atoms with Crippen molar-refractivity contribution in [2.75, 3.05) is 18.5 Å². The van der Waals surface area contributed by atoms with Gasteiger partial charge in [0.05, 0.1) is 17.8 Å². The van der Waals surface area contributed by atoms with Gasteiger partial charge in [0.1, 0.15) is 12.4 Å². The summed E-state index contributed by atoms with van der Waals surface area (Å²) in [5.41, 5.74) is 1.82. The van der Waals surface area contributed by atoms with Gasteiger partial charge in [-0.3, -0.25) is 4.79 Å². The smallest absolute Gasteiger partial charge is 0.288 e. The molecular weight excluding hydrogens is 394 g/mol. The van der Waals surface area contributed by atoms with Crippen molar-refractivity contribution in [1.82, 2.24) is 5.32 Å². The lowest BCUT2D eigenvalue weighted by atomic mass is 10.1. The molecule has 0 saturated carbocycles. The summed E-state index contributed by atoms with van der Waals surface area (Å²) >= 11 is 0.494. The molecular formula is C22H20F2N2O2S. The van der Waals surface area contributed by atoms with Crippen LogP contribution in [0.1, 0.15) is 10.4 Å². The van der Waals surface area contributed by atoms with Crippen LogP contribution in [-0.4, -0.2) is 24.8 Å². The van der Waals surface area contributed by atoms with Crippen molar-refractivity contribution in [3.8, 4) is 5.75 Å². The van der Waals surface area contributed by atoms with Gasteiger partial charge in [0.15, 0.2) is 0 Å². The van der Waals surface area contributed by atoms with E-state index in [4.69, 9.17) is 4.74 Å². The number of rotatable bonds is 9. The summed E-state index contributed by atoms with van der Waals surface area (Å²) in [6.45, 7) is 0.718. The van der Waals surface area contributed by atoms with E-state index in [1.54, 1.807) is 42.5 Å². The van der Waals surface area contributed by atoms with Crippen molar-refractivity contribution >= 4 is 29.0 Å². The molecule has 1 amide bonds. The molecule has 0 aliphatic rings. The number of ether oxygens (including phenoxy) is 1. The molecule has 0 spiro atoms. The minimum absolute atomic E-state index is 0.227. The van der Waals surface area contributed by atoms with Crippen molar-refractivity contribution in [2.24, 2.45) is 0 Å². The number of carbonyl (C=O) groups is 1. The molecule has 0 aliphatic carbocycles. The van der Waals surface area contributed by atoms with Crippen LogP contribution in [0.15, 0.2) is 83.8 Å². The first-order chi connectivity index (χ1) is 14.1. The van der Waals surface area contributed by atoms with Gasteiger partial charge in [0.2, 0.25) is 0 Å². The lowest BCUT2D eigenvalue weighted by Gasteiger charge is -2.13. The maximum Gasteiger partial charge on any atom is 0.288 e. The Hall–Kier alpha value is -3.06. The zero-order valence-corrected chi connectivity index (χ0v) is 16.3. The average molecular weight is 414 g/mol. The fourth-order valence-electron chi connectivity index (χ4n) is 2.61. The average Bonchev–Trinajstić information content (AvgIpc) is 2.73. The SMILES string of the molecule is O=C(NCCOc1ccccc1)c1ccccc1Nc1ccc(SC(F)F)cc1. The van der Waals surface area contributed by atoms with Gasteiger partial charge < -0.3 is 15.4 Å². The van der Waals surface area contributed by atoms with Crippen LogP contribution in [0, 0.1) is 0 Å². The largest absolute Gasteiger partial charge is 0.492 e. The van der Waals surface area contributed by atoms with Gasteiger partial charge in [-0.25, -0.2) is 0 Å². The molecule has 3 aromatic carbocycles. The third-order valence-electron chi connectivity index (χ3n) is 3.93. The Kier molecular flexibility index (Phi) is 7.47. The van der Waals surface area contributed by atoms with Gasteiger partial charge in [-0.05, 0) is 48.5 Å². The molecule has 0 bridgehead atoms. The summed E-state index contributed by atoms with van der Waals surface area (Å²) in [4.78, 5) is 13.0. The number of amides is 1. The zero-order valence-electron chi connectivity index (χ0n) is 15.5. The third kappa shape index (κ3) is 6.50. The second-order valence-corrected chi connectivity index (χ2v) is 7.05. The number of carbonyl (C=O) groups excluding carboxylic acids is 1. The molecule has 7 heteroatoms. The van der Waals surface area contributed by atoms with Crippen LogP contribution in [0.5, 0.6) is 5.75 Å². The van der Waals surface area contributed by atoms with Crippen molar-refractivity contribution in [2.45, 2.75) is 10.7 Å². The Bertz CT molecular complexity index is 922. The number of benzene rings is 3. The second kappa shape index (κ2) is 10.5. The molecule has 0 atom stereocenters. The van der Waals surface area contributed by atoms with Crippen molar-refractivity contribution in [3.05, 3.63) is 84.4 Å². The Morgan fingerprint density at radius 3 is 2.34 bits per heavy atom. The lowest BCUT2D eigenvalue weighted by Crippen LogP contribution is -2.28. The van der Waals surface area contributed by atoms with Crippen LogP contribution in [0.4, 0.5) is 20.2 Å². The molecule has 0 fully saturated rings. The number of halogens is 2. The molecule has 0 heterocycles. The number of nitrogens with one attached hydrogen (secondary N) is 2. The summed E-state index contributed by atoms with van der Waals surface area (Å²) in [5, 5.41) is 6.00. The van der Waals surface area contributed by atoms with Crippen molar-refractivity contribution in [3.63, 3.8) is 0 Å². The second-order valence-electron chi connectivity index (χ2n) is 5.99. The van der Waals surface area contributed by atoms with Crippen LogP contribution in [0.3, 0.4) is 0 Å². The molecule has 29 heavy (non-hydrogen) atoms. The van der Waals surface area contributed by atoms with Gasteiger partial charge in [-0.1, -0.05) is 42.1 Å². The van der Waals surface area contributed by atoms with E-state index in [1.807, 2.05) is 36.4 Å². The highest BCUT2D eigenvalue weighted by molar-refractivity contribution is 7.99. The van der Waals surface area contributed by atoms with Crippen LogP contribution >= 0.6 is 11.8 Å². The number of alkyl halides is 2. The molecule has 0 saturated heterocycles. The Morgan fingerprint density at radius 2 is 1.62 bits per heavy atom. The first kappa shape index (κ1) is 20.7. The Balaban J connectivity index is 1.57. The maximum absolute atomic E-state index is 12.5. The normalized spacial score (nSPS) is 10.6. The van der Waals surface area contributed by atoms with Crippen LogP contribution in [0.25, 0.3) is 0 Å². The van der Waals surface area contributed by atoms with E-state index in [2.05, 4.69) is 10.6 Å². The number of thioether (sulfide) groups is 1. The maximum atomic E-state index is 12.5. The first-order valence-corrected chi connectivity index (χ1v) is 9.87. The predicted molar refractivity (Wildman–Crippen MR) is 112 cm³/mol. The van der Waals surface area contributed by atoms with Gasteiger partial charge in [0, 0.05) is 10.6 Å². The summed E-state index contributed by atoms with van der Waals surface area (Å²) in [6.07, 6.45) is 0. The minimum Gasteiger partial charge on any atom is -0.492 e. The Labute approximate surface area is 172 Å². The highest BCUT2D eigenvalue weighted by Gasteiger charge is 2.11. The Morgan fingerprint density at radius 1 is 0.931 bits per heavy atom. The van der Waals surface area contributed by atoms with Crippen LogP contribution in [0.2, 0.25) is 0 Å². The molecule has 0 unspecified atom stereocenters. The molecule has 4 nitrogen and oxygen atoms in total.